The standard InChI is InChI=1S/C14H11FN2S2.CH3NO/c1-8-7-18-14(16-8)13-12(17-9(2)19-13)10-3-5-11(15)6-4-10;2-1-3/h3-7H,1-2H3;1H,(H2,2,3). The van der Waals surface area contributed by atoms with Gasteiger partial charge in [-0.2, -0.15) is 0 Å². The van der Waals surface area contributed by atoms with E-state index in [9.17, 15) is 4.39 Å². The second-order valence-corrected chi connectivity index (χ2v) is 6.41. The molecule has 0 radical (unpaired) electrons. The van der Waals surface area contributed by atoms with Gasteiger partial charge in [0.2, 0.25) is 6.41 Å². The smallest absolute Gasteiger partial charge is 0.204 e. The van der Waals surface area contributed by atoms with Gasteiger partial charge in [-0.3, -0.25) is 4.79 Å². The molecule has 7 heteroatoms. The first kappa shape index (κ1) is 16.3. The molecule has 1 aromatic carbocycles. The Morgan fingerprint density at radius 2 is 1.82 bits per heavy atom. The van der Waals surface area contributed by atoms with Gasteiger partial charge in [0.15, 0.2) is 0 Å². The molecule has 0 unspecified atom stereocenters. The molecule has 0 bridgehead atoms. The highest BCUT2D eigenvalue weighted by Crippen LogP contribution is 2.38. The number of aromatic nitrogens is 2. The van der Waals surface area contributed by atoms with E-state index in [0.717, 1.165) is 31.8 Å². The molecule has 0 aliphatic rings. The summed E-state index contributed by atoms with van der Waals surface area (Å²) in [6.45, 7) is 3.95. The fourth-order valence-electron chi connectivity index (χ4n) is 1.83. The molecule has 1 amide bonds. The van der Waals surface area contributed by atoms with Crippen LogP contribution in [0.25, 0.3) is 21.1 Å². The zero-order valence-electron chi connectivity index (χ0n) is 12.0. The third-order valence-electron chi connectivity index (χ3n) is 2.67. The molecule has 2 N–H and O–H groups in total. The molecule has 0 aliphatic carbocycles. The Hall–Kier alpha value is -2.12. The molecule has 2 heterocycles. The molecule has 22 heavy (non-hydrogen) atoms. The maximum atomic E-state index is 13.0. The third kappa shape index (κ3) is 3.75. The minimum atomic E-state index is -0.234. The number of hydrogen-bond acceptors (Lipinski definition) is 5. The first-order chi connectivity index (χ1) is 10.5. The van der Waals surface area contributed by atoms with Crippen molar-refractivity contribution in [2.24, 2.45) is 5.73 Å². The van der Waals surface area contributed by atoms with Gasteiger partial charge in [-0.1, -0.05) is 0 Å². The summed E-state index contributed by atoms with van der Waals surface area (Å²) in [4.78, 5) is 18.7. The number of carbonyl (C=O) groups excluding carboxylic acids is 1. The van der Waals surface area contributed by atoms with Gasteiger partial charge in [-0.25, -0.2) is 14.4 Å². The van der Waals surface area contributed by atoms with Crippen molar-refractivity contribution in [3.8, 4) is 21.1 Å². The molecule has 2 aromatic heterocycles. The molecule has 114 valence electrons. The number of amides is 1. The van der Waals surface area contributed by atoms with Crippen LogP contribution in [0.3, 0.4) is 0 Å². The lowest BCUT2D eigenvalue weighted by molar-refractivity contribution is -0.106. The van der Waals surface area contributed by atoms with Crippen molar-refractivity contribution < 1.29 is 9.18 Å². The average Bonchev–Trinajstić information content (AvgIpc) is 3.06. The van der Waals surface area contributed by atoms with Gasteiger partial charge in [-0.15, -0.1) is 22.7 Å². The molecule has 3 aromatic rings. The molecule has 0 atom stereocenters. The van der Waals surface area contributed by atoms with Gasteiger partial charge >= 0.3 is 0 Å². The zero-order chi connectivity index (χ0) is 16.1. The first-order valence-corrected chi connectivity index (χ1v) is 8.06. The summed E-state index contributed by atoms with van der Waals surface area (Å²) in [5.74, 6) is -0.234. The minimum Gasteiger partial charge on any atom is -0.372 e. The maximum Gasteiger partial charge on any atom is 0.204 e. The van der Waals surface area contributed by atoms with Gasteiger partial charge in [0.05, 0.1) is 15.6 Å². The number of primary amides is 1. The monoisotopic (exact) mass is 335 g/mol. The molecule has 4 nitrogen and oxygen atoms in total. The fraction of sp³-hybridized carbons (Fsp3) is 0.133. The normalized spacial score (nSPS) is 9.95. The third-order valence-corrected chi connectivity index (χ3v) is 4.75. The maximum absolute atomic E-state index is 13.0. The number of nitrogens with two attached hydrogens (primary N) is 1. The van der Waals surface area contributed by atoms with E-state index in [0.29, 0.717) is 0 Å². The highest BCUT2D eigenvalue weighted by Gasteiger charge is 2.15. The van der Waals surface area contributed by atoms with Crippen LogP contribution in [0.2, 0.25) is 0 Å². The second-order valence-electron chi connectivity index (χ2n) is 4.35. The van der Waals surface area contributed by atoms with Crippen LogP contribution in [0.1, 0.15) is 10.7 Å². The first-order valence-electron chi connectivity index (χ1n) is 6.36. The van der Waals surface area contributed by atoms with Crippen LogP contribution in [0.15, 0.2) is 29.6 Å². The van der Waals surface area contributed by atoms with Crippen LogP contribution >= 0.6 is 22.7 Å². The van der Waals surface area contributed by atoms with Crippen molar-refractivity contribution in [1.82, 2.24) is 9.97 Å². The molecule has 0 saturated heterocycles. The largest absolute Gasteiger partial charge is 0.372 e. The van der Waals surface area contributed by atoms with Gasteiger partial charge in [0, 0.05) is 16.6 Å². The topological polar surface area (TPSA) is 68.9 Å². The molecular weight excluding hydrogens is 321 g/mol. The zero-order valence-corrected chi connectivity index (χ0v) is 13.7. The number of aryl methyl sites for hydroxylation is 2. The highest BCUT2D eigenvalue weighted by molar-refractivity contribution is 7.21. The lowest BCUT2D eigenvalue weighted by Crippen LogP contribution is -1.83. The average molecular weight is 335 g/mol. The Morgan fingerprint density at radius 1 is 1.18 bits per heavy atom. The fourth-order valence-corrected chi connectivity index (χ4v) is 3.66. The van der Waals surface area contributed by atoms with E-state index in [-0.39, 0.29) is 12.2 Å². The number of nitrogens with zero attached hydrogens (tertiary/aromatic N) is 2. The van der Waals surface area contributed by atoms with Crippen molar-refractivity contribution in [3.05, 3.63) is 46.2 Å². The van der Waals surface area contributed by atoms with Crippen LogP contribution in [-0.2, 0) is 4.79 Å². The molecule has 0 fully saturated rings. The predicted octanol–water partition coefficient (Wildman–Crippen LogP) is 3.79. The van der Waals surface area contributed by atoms with Gasteiger partial charge in [0.25, 0.3) is 0 Å². The van der Waals surface area contributed by atoms with E-state index < -0.39 is 0 Å². The number of carbonyl (C=O) groups is 1. The Bertz CT molecular complexity index is 765. The van der Waals surface area contributed by atoms with Gasteiger partial charge < -0.3 is 5.73 Å². The Kier molecular flexibility index (Phi) is 5.35. The SMILES string of the molecule is Cc1csc(-c2sc(C)nc2-c2ccc(F)cc2)n1.NC=O. The minimum absolute atomic E-state index is 0.234. The molecule has 0 spiro atoms. The number of hydrogen-bond donors (Lipinski definition) is 1. The van der Waals surface area contributed by atoms with E-state index in [2.05, 4.69) is 15.7 Å². The summed E-state index contributed by atoms with van der Waals surface area (Å²) >= 11 is 3.24. The molecular formula is C15H14FN3OS2. The molecule has 0 aliphatic heterocycles. The van der Waals surface area contributed by atoms with E-state index in [1.807, 2.05) is 19.2 Å². The van der Waals surface area contributed by atoms with E-state index in [1.54, 1.807) is 34.8 Å². The number of benzene rings is 1. The second kappa shape index (κ2) is 7.24. The lowest BCUT2D eigenvalue weighted by atomic mass is 10.1. The van der Waals surface area contributed by atoms with Crippen LogP contribution in [-0.4, -0.2) is 16.4 Å². The summed E-state index contributed by atoms with van der Waals surface area (Å²) < 4.78 is 13.0. The van der Waals surface area contributed by atoms with E-state index in [1.165, 1.54) is 12.1 Å². The summed E-state index contributed by atoms with van der Waals surface area (Å²) in [7, 11) is 0. The van der Waals surface area contributed by atoms with Crippen molar-refractivity contribution in [2.75, 3.05) is 0 Å². The summed E-state index contributed by atoms with van der Waals surface area (Å²) in [6, 6.07) is 6.43. The van der Waals surface area contributed by atoms with Crippen molar-refractivity contribution in [3.63, 3.8) is 0 Å². The van der Waals surface area contributed by atoms with Crippen molar-refractivity contribution in [1.29, 1.82) is 0 Å². The number of thiazole rings is 2. The summed E-state index contributed by atoms with van der Waals surface area (Å²) in [5.41, 5.74) is 6.99. The van der Waals surface area contributed by atoms with Crippen LogP contribution in [0, 0.1) is 19.7 Å². The van der Waals surface area contributed by atoms with Crippen LogP contribution in [0.5, 0.6) is 0 Å². The van der Waals surface area contributed by atoms with E-state index in [4.69, 9.17) is 4.79 Å². The highest BCUT2D eigenvalue weighted by atomic mass is 32.1. The number of halogens is 1. The predicted molar refractivity (Wildman–Crippen MR) is 88.3 cm³/mol. The Balaban J connectivity index is 0.000000545. The molecule has 0 saturated carbocycles. The van der Waals surface area contributed by atoms with E-state index >= 15 is 0 Å². The lowest BCUT2D eigenvalue weighted by Gasteiger charge is -1.99. The number of rotatable bonds is 2. The summed E-state index contributed by atoms with van der Waals surface area (Å²) in [6.07, 6.45) is 0.250. The van der Waals surface area contributed by atoms with Crippen molar-refractivity contribution >= 4 is 29.1 Å². The van der Waals surface area contributed by atoms with Crippen LogP contribution < -0.4 is 5.73 Å². The van der Waals surface area contributed by atoms with Gasteiger partial charge in [0.1, 0.15) is 10.8 Å². The Morgan fingerprint density at radius 3 is 2.36 bits per heavy atom. The molecule has 3 rings (SSSR count). The quantitative estimate of drug-likeness (QED) is 0.724. The van der Waals surface area contributed by atoms with Crippen LogP contribution in [0.4, 0.5) is 4.39 Å². The van der Waals surface area contributed by atoms with Gasteiger partial charge in [-0.05, 0) is 38.1 Å². The van der Waals surface area contributed by atoms with Crippen molar-refractivity contribution in [2.45, 2.75) is 13.8 Å². The Labute approximate surface area is 135 Å². The summed E-state index contributed by atoms with van der Waals surface area (Å²) in [5, 5.41) is 3.99.